The Morgan fingerprint density at radius 3 is 2.50 bits per heavy atom. The number of aromatic nitrogens is 2. The average molecular weight is 220 g/mol. The van der Waals surface area contributed by atoms with Gasteiger partial charge in [-0.25, -0.2) is 4.98 Å². The standard InChI is InChI=1S/C13H20N2O/c1-3-4-5-6-7-8-13(16)12-10-14-11(2)9-15-12/h9-10H,3-8H2,1-2H3. The van der Waals surface area contributed by atoms with Crippen molar-refractivity contribution in [1.82, 2.24) is 9.97 Å². The quantitative estimate of drug-likeness (QED) is 0.523. The smallest absolute Gasteiger partial charge is 0.182 e. The van der Waals surface area contributed by atoms with Crippen LogP contribution in [0.3, 0.4) is 0 Å². The van der Waals surface area contributed by atoms with Gasteiger partial charge < -0.3 is 0 Å². The molecule has 1 rings (SSSR count). The number of hydrogen-bond acceptors (Lipinski definition) is 3. The predicted molar refractivity (Wildman–Crippen MR) is 64.5 cm³/mol. The van der Waals surface area contributed by atoms with Crippen LogP contribution in [-0.2, 0) is 0 Å². The molecule has 0 saturated carbocycles. The molecule has 0 atom stereocenters. The minimum absolute atomic E-state index is 0.115. The minimum atomic E-state index is 0.115. The number of hydrogen-bond donors (Lipinski definition) is 0. The molecule has 0 radical (unpaired) electrons. The first-order valence-electron chi connectivity index (χ1n) is 6.06. The fourth-order valence-corrected chi connectivity index (χ4v) is 1.55. The van der Waals surface area contributed by atoms with Crippen LogP contribution in [0.4, 0.5) is 0 Å². The van der Waals surface area contributed by atoms with Crippen LogP contribution in [0.15, 0.2) is 12.4 Å². The van der Waals surface area contributed by atoms with Crippen LogP contribution in [0.1, 0.15) is 61.6 Å². The summed E-state index contributed by atoms with van der Waals surface area (Å²) in [4.78, 5) is 19.8. The number of unbranched alkanes of at least 4 members (excludes halogenated alkanes) is 4. The van der Waals surface area contributed by atoms with Crippen LogP contribution >= 0.6 is 0 Å². The Morgan fingerprint density at radius 1 is 1.12 bits per heavy atom. The fraction of sp³-hybridized carbons (Fsp3) is 0.615. The van der Waals surface area contributed by atoms with E-state index in [4.69, 9.17) is 0 Å². The summed E-state index contributed by atoms with van der Waals surface area (Å²) < 4.78 is 0. The molecule has 16 heavy (non-hydrogen) atoms. The van der Waals surface area contributed by atoms with E-state index in [1.807, 2.05) is 6.92 Å². The summed E-state index contributed by atoms with van der Waals surface area (Å²) >= 11 is 0. The van der Waals surface area contributed by atoms with Crippen molar-refractivity contribution in [1.29, 1.82) is 0 Å². The van der Waals surface area contributed by atoms with E-state index in [2.05, 4.69) is 16.9 Å². The van der Waals surface area contributed by atoms with Crippen LogP contribution in [-0.4, -0.2) is 15.8 Å². The van der Waals surface area contributed by atoms with Crippen LogP contribution in [0, 0.1) is 6.92 Å². The molecule has 0 aliphatic carbocycles. The van der Waals surface area contributed by atoms with Crippen LogP contribution < -0.4 is 0 Å². The van der Waals surface area contributed by atoms with Gasteiger partial charge in [-0.15, -0.1) is 0 Å². The highest BCUT2D eigenvalue weighted by molar-refractivity contribution is 5.93. The molecule has 1 heterocycles. The predicted octanol–water partition coefficient (Wildman–Crippen LogP) is 3.33. The maximum atomic E-state index is 11.7. The highest BCUT2D eigenvalue weighted by atomic mass is 16.1. The number of aryl methyl sites for hydroxylation is 1. The van der Waals surface area contributed by atoms with Gasteiger partial charge in [-0.2, -0.15) is 0 Å². The van der Waals surface area contributed by atoms with Gasteiger partial charge >= 0.3 is 0 Å². The number of rotatable bonds is 7. The normalized spacial score (nSPS) is 10.4. The largest absolute Gasteiger partial charge is 0.292 e. The van der Waals surface area contributed by atoms with Crippen molar-refractivity contribution in [2.75, 3.05) is 0 Å². The van der Waals surface area contributed by atoms with Crippen molar-refractivity contribution in [3.8, 4) is 0 Å². The zero-order valence-electron chi connectivity index (χ0n) is 10.2. The molecule has 0 fully saturated rings. The van der Waals surface area contributed by atoms with E-state index < -0.39 is 0 Å². The number of carbonyl (C=O) groups excluding carboxylic acids is 1. The SMILES string of the molecule is CCCCCCCC(=O)c1cnc(C)cn1. The lowest BCUT2D eigenvalue weighted by Crippen LogP contribution is -2.03. The molecule has 0 aromatic carbocycles. The van der Waals surface area contributed by atoms with Gasteiger partial charge in [0.15, 0.2) is 5.78 Å². The van der Waals surface area contributed by atoms with Crippen molar-refractivity contribution in [2.24, 2.45) is 0 Å². The fourth-order valence-electron chi connectivity index (χ4n) is 1.55. The Bertz CT molecular complexity index is 319. The minimum Gasteiger partial charge on any atom is -0.292 e. The Morgan fingerprint density at radius 2 is 1.88 bits per heavy atom. The third-order valence-electron chi connectivity index (χ3n) is 2.57. The Kier molecular flexibility index (Phi) is 5.68. The van der Waals surface area contributed by atoms with Gasteiger partial charge in [0.25, 0.3) is 0 Å². The van der Waals surface area contributed by atoms with Crippen LogP contribution in [0.5, 0.6) is 0 Å². The highest BCUT2D eigenvalue weighted by Crippen LogP contribution is 2.08. The maximum absolute atomic E-state index is 11.7. The number of carbonyl (C=O) groups is 1. The van der Waals surface area contributed by atoms with Crippen molar-refractivity contribution in [3.05, 3.63) is 23.8 Å². The third kappa shape index (κ3) is 4.51. The van der Waals surface area contributed by atoms with E-state index >= 15 is 0 Å². The zero-order valence-corrected chi connectivity index (χ0v) is 10.2. The molecule has 0 spiro atoms. The van der Waals surface area contributed by atoms with Crippen molar-refractivity contribution < 1.29 is 4.79 Å². The molecule has 0 aliphatic rings. The van der Waals surface area contributed by atoms with E-state index in [9.17, 15) is 4.79 Å². The van der Waals surface area contributed by atoms with Crippen molar-refractivity contribution in [3.63, 3.8) is 0 Å². The van der Waals surface area contributed by atoms with Gasteiger partial charge in [0.2, 0.25) is 0 Å². The summed E-state index contributed by atoms with van der Waals surface area (Å²) in [6, 6.07) is 0. The van der Waals surface area contributed by atoms with E-state index in [0.29, 0.717) is 12.1 Å². The average Bonchev–Trinajstić information content (AvgIpc) is 2.29. The molecule has 1 aromatic rings. The topological polar surface area (TPSA) is 42.9 Å². The van der Waals surface area contributed by atoms with E-state index in [-0.39, 0.29) is 5.78 Å². The number of nitrogens with zero attached hydrogens (tertiary/aromatic N) is 2. The van der Waals surface area contributed by atoms with E-state index in [1.165, 1.54) is 19.3 Å². The number of Topliss-reactive ketones (excluding diaryl/α,β-unsaturated/α-hetero) is 1. The molecule has 0 saturated heterocycles. The van der Waals surface area contributed by atoms with Gasteiger partial charge in [0, 0.05) is 12.6 Å². The monoisotopic (exact) mass is 220 g/mol. The van der Waals surface area contributed by atoms with E-state index in [1.54, 1.807) is 12.4 Å². The van der Waals surface area contributed by atoms with Crippen LogP contribution in [0.25, 0.3) is 0 Å². The molecule has 0 aliphatic heterocycles. The molecule has 0 N–H and O–H groups in total. The Balaban J connectivity index is 2.27. The molecular weight excluding hydrogens is 200 g/mol. The van der Waals surface area contributed by atoms with Gasteiger partial charge in [-0.05, 0) is 13.3 Å². The first kappa shape index (κ1) is 12.8. The summed E-state index contributed by atoms with van der Waals surface area (Å²) in [6.45, 7) is 4.05. The summed E-state index contributed by atoms with van der Waals surface area (Å²) in [7, 11) is 0. The molecule has 3 heteroatoms. The van der Waals surface area contributed by atoms with Gasteiger partial charge in [-0.3, -0.25) is 9.78 Å². The summed E-state index contributed by atoms with van der Waals surface area (Å²) in [6.07, 6.45) is 9.64. The van der Waals surface area contributed by atoms with Gasteiger partial charge in [0.05, 0.1) is 11.9 Å². The lowest BCUT2D eigenvalue weighted by atomic mass is 10.1. The second-order valence-electron chi connectivity index (χ2n) is 4.13. The van der Waals surface area contributed by atoms with Gasteiger partial charge in [0.1, 0.15) is 5.69 Å². The molecule has 3 nitrogen and oxygen atoms in total. The first-order chi connectivity index (χ1) is 7.74. The lowest BCUT2D eigenvalue weighted by Gasteiger charge is -2.00. The summed E-state index contributed by atoms with van der Waals surface area (Å²) in [5.74, 6) is 0.115. The molecule has 0 amide bonds. The molecular formula is C13H20N2O. The van der Waals surface area contributed by atoms with Crippen molar-refractivity contribution in [2.45, 2.75) is 52.4 Å². The Hall–Kier alpha value is -1.25. The maximum Gasteiger partial charge on any atom is 0.182 e. The molecule has 0 unspecified atom stereocenters. The summed E-state index contributed by atoms with van der Waals surface area (Å²) in [5, 5.41) is 0. The summed E-state index contributed by atoms with van der Waals surface area (Å²) in [5.41, 5.74) is 1.35. The number of ketones is 1. The highest BCUT2D eigenvalue weighted by Gasteiger charge is 2.06. The Labute approximate surface area is 97.3 Å². The van der Waals surface area contributed by atoms with E-state index in [0.717, 1.165) is 18.5 Å². The molecule has 1 aromatic heterocycles. The zero-order chi connectivity index (χ0) is 11.8. The second kappa shape index (κ2) is 7.09. The second-order valence-corrected chi connectivity index (χ2v) is 4.13. The van der Waals surface area contributed by atoms with Crippen molar-refractivity contribution >= 4 is 5.78 Å². The lowest BCUT2D eigenvalue weighted by molar-refractivity contribution is 0.0974. The third-order valence-corrected chi connectivity index (χ3v) is 2.57. The first-order valence-corrected chi connectivity index (χ1v) is 6.06. The molecule has 88 valence electrons. The van der Waals surface area contributed by atoms with Crippen LogP contribution in [0.2, 0.25) is 0 Å². The molecule has 0 bridgehead atoms. The van der Waals surface area contributed by atoms with Gasteiger partial charge in [-0.1, -0.05) is 32.6 Å².